The van der Waals surface area contributed by atoms with E-state index in [4.69, 9.17) is 5.73 Å². The molecule has 2 aromatic carbocycles. The van der Waals surface area contributed by atoms with Gasteiger partial charge in [0.1, 0.15) is 5.52 Å². The Morgan fingerprint density at radius 1 is 1.10 bits per heavy atom. The maximum absolute atomic E-state index is 14.1. The van der Waals surface area contributed by atoms with Crippen molar-refractivity contribution in [2.75, 3.05) is 5.73 Å². The van der Waals surface area contributed by atoms with Gasteiger partial charge in [-0.2, -0.15) is 0 Å². The molecule has 0 bridgehead atoms. The lowest BCUT2D eigenvalue weighted by atomic mass is 10.2. The van der Waals surface area contributed by atoms with Gasteiger partial charge in [0.25, 0.3) is 0 Å². The normalized spacial score (nSPS) is 11.5. The highest BCUT2D eigenvalue weighted by molar-refractivity contribution is 7.16. The number of hydrogen-bond donors (Lipinski definition) is 1. The van der Waals surface area contributed by atoms with E-state index in [1.54, 1.807) is 11.6 Å². The summed E-state index contributed by atoms with van der Waals surface area (Å²) in [7, 11) is 0. The molecule has 4 nitrogen and oxygen atoms in total. The van der Waals surface area contributed by atoms with Gasteiger partial charge in [-0.25, -0.2) is 18.7 Å². The molecule has 0 aliphatic carbocycles. The lowest BCUT2D eigenvalue weighted by Gasteiger charge is -2.07. The Morgan fingerprint density at radius 2 is 1.90 bits per heavy atom. The molecule has 0 saturated carbocycles. The number of imidazole rings is 1. The molecule has 2 aromatic heterocycles. The van der Waals surface area contributed by atoms with Crippen LogP contribution >= 0.6 is 11.3 Å². The van der Waals surface area contributed by atoms with Crippen LogP contribution in [-0.2, 0) is 0 Å². The number of anilines is 1. The van der Waals surface area contributed by atoms with Gasteiger partial charge < -0.3 is 5.73 Å². The van der Waals surface area contributed by atoms with Crippen molar-refractivity contribution in [2.45, 2.75) is 0 Å². The average molecular weight is 302 g/mol. The van der Waals surface area contributed by atoms with Crippen LogP contribution in [0.25, 0.3) is 26.9 Å². The quantitative estimate of drug-likeness (QED) is 0.585. The van der Waals surface area contributed by atoms with Crippen molar-refractivity contribution in [3.63, 3.8) is 0 Å². The van der Waals surface area contributed by atoms with Crippen LogP contribution in [0.15, 0.2) is 35.8 Å². The lowest BCUT2D eigenvalue weighted by molar-refractivity contribution is 0.514. The summed E-state index contributed by atoms with van der Waals surface area (Å²) < 4.78 is 29.9. The van der Waals surface area contributed by atoms with E-state index in [0.29, 0.717) is 11.2 Å². The molecule has 2 heterocycles. The van der Waals surface area contributed by atoms with Crippen LogP contribution in [0.4, 0.5) is 14.7 Å². The zero-order valence-electron chi connectivity index (χ0n) is 10.5. The fourth-order valence-corrected chi connectivity index (χ4v) is 3.07. The van der Waals surface area contributed by atoms with Gasteiger partial charge in [-0.1, -0.05) is 0 Å². The Morgan fingerprint density at radius 3 is 2.76 bits per heavy atom. The largest absolute Gasteiger partial charge is 0.369 e. The zero-order valence-corrected chi connectivity index (χ0v) is 11.4. The third-order valence-corrected chi connectivity index (χ3v) is 4.10. The smallest absolute Gasteiger partial charge is 0.206 e. The van der Waals surface area contributed by atoms with Crippen molar-refractivity contribution in [3.05, 3.63) is 47.5 Å². The van der Waals surface area contributed by atoms with E-state index in [0.717, 1.165) is 16.3 Å². The van der Waals surface area contributed by atoms with Gasteiger partial charge in [0.15, 0.2) is 11.6 Å². The fraction of sp³-hybridized carbons (Fsp3) is 0. The Balaban J connectivity index is 2.09. The summed E-state index contributed by atoms with van der Waals surface area (Å²) >= 11 is 1.46. The SMILES string of the molecule is Nc1nc2ccc(F)c(F)c2n1-c1ccc2ncsc2c1. The zero-order chi connectivity index (χ0) is 14.6. The Labute approximate surface area is 121 Å². The van der Waals surface area contributed by atoms with Gasteiger partial charge in [-0.15, -0.1) is 11.3 Å². The summed E-state index contributed by atoms with van der Waals surface area (Å²) in [6, 6.07) is 7.84. The van der Waals surface area contributed by atoms with E-state index in [9.17, 15) is 8.78 Å². The number of nitrogens with two attached hydrogens (primary N) is 1. The molecule has 0 unspecified atom stereocenters. The minimum atomic E-state index is -0.957. The van der Waals surface area contributed by atoms with E-state index < -0.39 is 11.6 Å². The minimum Gasteiger partial charge on any atom is -0.369 e. The lowest BCUT2D eigenvalue weighted by Crippen LogP contribution is -2.02. The number of halogens is 2. The van der Waals surface area contributed by atoms with E-state index in [1.165, 1.54) is 22.0 Å². The second-order valence-corrected chi connectivity index (χ2v) is 5.43. The van der Waals surface area contributed by atoms with Crippen LogP contribution in [0.2, 0.25) is 0 Å². The molecule has 0 radical (unpaired) electrons. The second kappa shape index (κ2) is 4.23. The van der Waals surface area contributed by atoms with Crippen molar-refractivity contribution < 1.29 is 8.78 Å². The standard InChI is InChI=1S/C14H8F2N4S/c15-8-2-4-10-13(12(8)16)20(14(17)19-10)7-1-3-9-11(5-7)21-6-18-9/h1-6H,(H2,17,19). The summed E-state index contributed by atoms with van der Waals surface area (Å²) in [5.41, 5.74) is 9.42. The topological polar surface area (TPSA) is 56.7 Å². The number of nitrogens with zero attached hydrogens (tertiary/aromatic N) is 3. The molecule has 0 aliphatic heterocycles. The molecule has 0 saturated heterocycles. The molecule has 104 valence electrons. The van der Waals surface area contributed by atoms with Gasteiger partial charge in [-0.3, -0.25) is 4.57 Å². The first-order valence-corrected chi connectivity index (χ1v) is 6.98. The molecule has 0 aliphatic rings. The third-order valence-electron chi connectivity index (χ3n) is 3.31. The first-order valence-electron chi connectivity index (χ1n) is 6.11. The molecule has 4 aromatic rings. The molecular formula is C14H8F2N4S. The fourth-order valence-electron chi connectivity index (χ4n) is 2.36. The van der Waals surface area contributed by atoms with Crippen LogP contribution in [0, 0.1) is 11.6 Å². The number of nitrogen functional groups attached to an aromatic ring is 1. The van der Waals surface area contributed by atoms with Crippen LogP contribution in [0.3, 0.4) is 0 Å². The Hall–Kier alpha value is -2.54. The first-order chi connectivity index (χ1) is 10.1. The molecule has 4 rings (SSSR count). The first kappa shape index (κ1) is 12.2. The second-order valence-electron chi connectivity index (χ2n) is 4.54. The highest BCUT2D eigenvalue weighted by Crippen LogP contribution is 2.29. The number of thiazole rings is 1. The molecule has 21 heavy (non-hydrogen) atoms. The minimum absolute atomic E-state index is 0.0383. The summed E-state index contributed by atoms with van der Waals surface area (Å²) in [4.78, 5) is 8.27. The van der Waals surface area contributed by atoms with Crippen LogP contribution in [-0.4, -0.2) is 14.5 Å². The molecule has 7 heteroatoms. The molecule has 0 fully saturated rings. The summed E-state index contributed by atoms with van der Waals surface area (Å²) in [6.45, 7) is 0. The van der Waals surface area contributed by atoms with Crippen molar-refractivity contribution >= 4 is 38.5 Å². The summed E-state index contributed by atoms with van der Waals surface area (Å²) in [6.07, 6.45) is 0. The van der Waals surface area contributed by atoms with E-state index in [1.807, 2.05) is 12.1 Å². The third kappa shape index (κ3) is 1.71. The van der Waals surface area contributed by atoms with Gasteiger partial charge in [0.05, 0.1) is 26.9 Å². The van der Waals surface area contributed by atoms with E-state index in [2.05, 4.69) is 9.97 Å². The summed E-state index contributed by atoms with van der Waals surface area (Å²) in [5.74, 6) is -1.78. The van der Waals surface area contributed by atoms with Gasteiger partial charge in [0.2, 0.25) is 5.95 Å². The maximum Gasteiger partial charge on any atom is 0.206 e. The van der Waals surface area contributed by atoms with Gasteiger partial charge >= 0.3 is 0 Å². The number of aromatic nitrogens is 3. The van der Waals surface area contributed by atoms with E-state index in [-0.39, 0.29) is 11.5 Å². The highest BCUT2D eigenvalue weighted by Gasteiger charge is 2.17. The van der Waals surface area contributed by atoms with Crippen LogP contribution < -0.4 is 5.73 Å². The number of benzene rings is 2. The molecule has 0 amide bonds. The number of rotatable bonds is 1. The van der Waals surface area contributed by atoms with E-state index >= 15 is 0 Å². The number of hydrogen-bond acceptors (Lipinski definition) is 4. The van der Waals surface area contributed by atoms with Crippen LogP contribution in [0.1, 0.15) is 0 Å². The average Bonchev–Trinajstić information content (AvgIpc) is 3.06. The van der Waals surface area contributed by atoms with Crippen molar-refractivity contribution in [1.29, 1.82) is 0 Å². The molecule has 0 spiro atoms. The maximum atomic E-state index is 14.1. The predicted molar refractivity (Wildman–Crippen MR) is 78.6 cm³/mol. The predicted octanol–water partition coefficient (Wildman–Crippen LogP) is 3.50. The number of fused-ring (bicyclic) bond motifs is 2. The van der Waals surface area contributed by atoms with Gasteiger partial charge in [-0.05, 0) is 30.3 Å². The molecule has 0 atom stereocenters. The summed E-state index contributed by atoms with van der Waals surface area (Å²) in [5, 5.41) is 0. The van der Waals surface area contributed by atoms with Crippen molar-refractivity contribution in [2.24, 2.45) is 0 Å². The van der Waals surface area contributed by atoms with Crippen molar-refractivity contribution in [1.82, 2.24) is 14.5 Å². The molecule has 2 N–H and O–H groups in total. The monoisotopic (exact) mass is 302 g/mol. The van der Waals surface area contributed by atoms with Crippen LogP contribution in [0.5, 0.6) is 0 Å². The van der Waals surface area contributed by atoms with Gasteiger partial charge in [0, 0.05) is 0 Å². The molecular weight excluding hydrogens is 294 g/mol. The Kier molecular flexibility index (Phi) is 2.46. The van der Waals surface area contributed by atoms with Crippen molar-refractivity contribution in [3.8, 4) is 5.69 Å². The Bertz CT molecular complexity index is 989. The highest BCUT2D eigenvalue weighted by atomic mass is 32.1.